The van der Waals surface area contributed by atoms with Gasteiger partial charge in [-0.15, -0.1) is 0 Å². The summed E-state index contributed by atoms with van der Waals surface area (Å²) < 4.78 is 0. The van der Waals surface area contributed by atoms with E-state index in [2.05, 4.69) is 43.4 Å². The molecule has 0 atom stereocenters. The lowest BCUT2D eigenvalue weighted by atomic mass is 10.0. The third-order valence-corrected chi connectivity index (χ3v) is 3.95. The van der Waals surface area contributed by atoms with Crippen molar-refractivity contribution in [3.8, 4) is 0 Å². The quantitative estimate of drug-likeness (QED) is 0.760. The van der Waals surface area contributed by atoms with Gasteiger partial charge in [0.1, 0.15) is 6.61 Å². The van der Waals surface area contributed by atoms with E-state index in [9.17, 15) is 9.59 Å². The van der Waals surface area contributed by atoms with E-state index in [0.29, 0.717) is 29.3 Å². The molecule has 0 aliphatic carbocycles. The lowest BCUT2D eigenvalue weighted by molar-refractivity contribution is 0.0904. The normalized spacial score (nSPS) is 10.7. The van der Waals surface area contributed by atoms with Gasteiger partial charge in [-0.05, 0) is 42.2 Å². The van der Waals surface area contributed by atoms with Crippen molar-refractivity contribution in [1.29, 1.82) is 0 Å². The van der Waals surface area contributed by atoms with Crippen LogP contribution in [0.4, 0.5) is 5.69 Å². The van der Waals surface area contributed by atoms with Gasteiger partial charge in [-0.3, -0.25) is 9.59 Å². The molecule has 0 aliphatic rings. The van der Waals surface area contributed by atoms with E-state index in [0.717, 1.165) is 5.56 Å². The van der Waals surface area contributed by atoms with Gasteiger partial charge >= 0.3 is 0 Å². The highest BCUT2D eigenvalue weighted by atomic mass is 16.3. The number of hydrogen-bond donors (Lipinski definition) is 2. The molecule has 2 aromatic carbocycles. The molecule has 4 heteroatoms. The summed E-state index contributed by atoms with van der Waals surface area (Å²) in [6.45, 7) is 5.78. The fourth-order valence-corrected chi connectivity index (χ4v) is 2.41. The Morgan fingerprint density at radius 2 is 1.67 bits per heavy atom. The molecular formula is C20H23NO3. The zero-order valence-corrected chi connectivity index (χ0v) is 14.3. The molecule has 126 valence electrons. The van der Waals surface area contributed by atoms with E-state index in [-0.39, 0.29) is 5.78 Å². The first-order valence-corrected chi connectivity index (χ1v) is 8.03. The van der Waals surface area contributed by atoms with Crippen LogP contribution in [0.5, 0.6) is 0 Å². The van der Waals surface area contributed by atoms with Gasteiger partial charge in [-0.1, -0.05) is 38.1 Å². The second-order valence-corrected chi connectivity index (χ2v) is 6.19. The van der Waals surface area contributed by atoms with E-state index >= 15 is 0 Å². The van der Waals surface area contributed by atoms with Crippen LogP contribution >= 0.6 is 0 Å². The zero-order chi connectivity index (χ0) is 17.7. The highest BCUT2D eigenvalue weighted by Crippen LogP contribution is 2.19. The minimum absolute atomic E-state index is 0.119. The predicted molar refractivity (Wildman–Crippen MR) is 95.7 cm³/mol. The van der Waals surface area contributed by atoms with Crippen LogP contribution < -0.4 is 5.32 Å². The van der Waals surface area contributed by atoms with Gasteiger partial charge in [0.25, 0.3) is 0 Å². The number of aliphatic hydroxyl groups excluding tert-OH is 1. The van der Waals surface area contributed by atoms with Crippen molar-refractivity contribution in [2.45, 2.75) is 33.2 Å². The Kier molecular flexibility index (Phi) is 5.88. The highest BCUT2D eigenvalue weighted by molar-refractivity contribution is 6.02. The van der Waals surface area contributed by atoms with Crippen LogP contribution in [0, 0.1) is 0 Å². The number of aliphatic hydroxyl groups is 1. The molecule has 0 amide bonds. The van der Waals surface area contributed by atoms with Crippen molar-refractivity contribution in [3.05, 3.63) is 64.7 Å². The third-order valence-electron chi connectivity index (χ3n) is 3.95. The summed E-state index contributed by atoms with van der Waals surface area (Å²) in [6, 6.07) is 13.2. The SMILES string of the molecule is CC(=O)c1cc(NCc2ccc(C(C)C)cc2)cc(C(=O)CO)c1. The number of carbonyl (C=O) groups excluding carboxylic acids is 2. The molecule has 0 heterocycles. The van der Waals surface area contributed by atoms with Gasteiger partial charge in [0.2, 0.25) is 0 Å². The number of benzene rings is 2. The smallest absolute Gasteiger partial charge is 0.188 e. The van der Waals surface area contributed by atoms with Crippen molar-refractivity contribution in [2.24, 2.45) is 0 Å². The van der Waals surface area contributed by atoms with Crippen LogP contribution in [-0.2, 0) is 6.54 Å². The molecular weight excluding hydrogens is 302 g/mol. The van der Waals surface area contributed by atoms with E-state index in [1.54, 1.807) is 12.1 Å². The van der Waals surface area contributed by atoms with E-state index < -0.39 is 12.4 Å². The Hall–Kier alpha value is -2.46. The fourth-order valence-electron chi connectivity index (χ4n) is 2.41. The molecule has 24 heavy (non-hydrogen) atoms. The Bertz CT molecular complexity index is 733. The Labute approximate surface area is 142 Å². The van der Waals surface area contributed by atoms with Gasteiger partial charge in [-0.25, -0.2) is 0 Å². The molecule has 0 aromatic heterocycles. The molecule has 0 spiro atoms. The average Bonchev–Trinajstić information content (AvgIpc) is 2.59. The topological polar surface area (TPSA) is 66.4 Å². The van der Waals surface area contributed by atoms with Crippen molar-refractivity contribution < 1.29 is 14.7 Å². The first-order valence-electron chi connectivity index (χ1n) is 8.03. The Morgan fingerprint density at radius 3 is 2.21 bits per heavy atom. The van der Waals surface area contributed by atoms with Crippen LogP contribution in [0.15, 0.2) is 42.5 Å². The number of carbonyl (C=O) groups is 2. The number of nitrogens with one attached hydrogen (secondary N) is 1. The number of ketones is 2. The summed E-state index contributed by atoms with van der Waals surface area (Å²) in [5.41, 5.74) is 3.87. The van der Waals surface area contributed by atoms with Crippen molar-refractivity contribution in [3.63, 3.8) is 0 Å². The molecule has 0 saturated heterocycles. The molecule has 2 rings (SSSR count). The molecule has 0 aliphatic heterocycles. The number of Topliss-reactive ketones (excluding diaryl/α,β-unsaturated/α-hetero) is 2. The highest BCUT2D eigenvalue weighted by Gasteiger charge is 2.10. The molecule has 0 fully saturated rings. The zero-order valence-electron chi connectivity index (χ0n) is 14.3. The first-order chi connectivity index (χ1) is 11.4. The fraction of sp³-hybridized carbons (Fsp3) is 0.300. The summed E-state index contributed by atoms with van der Waals surface area (Å²) in [6.07, 6.45) is 0. The monoisotopic (exact) mass is 325 g/mol. The van der Waals surface area contributed by atoms with Gasteiger partial charge < -0.3 is 10.4 Å². The largest absolute Gasteiger partial charge is 0.388 e. The van der Waals surface area contributed by atoms with Crippen LogP contribution in [0.3, 0.4) is 0 Å². The first kappa shape index (κ1) is 17.9. The van der Waals surface area contributed by atoms with Gasteiger partial charge in [0.05, 0.1) is 0 Å². The second kappa shape index (κ2) is 7.88. The summed E-state index contributed by atoms with van der Waals surface area (Å²) in [5, 5.41) is 12.3. The molecule has 0 radical (unpaired) electrons. The number of hydrogen-bond acceptors (Lipinski definition) is 4. The van der Waals surface area contributed by atoms with E-state index in [1.807, 2.05) is 0 Å². The lowest BCUT2D eigenvalue weighted by Crippen LogP contribution is -2.08. The van der Waals surface area contributed by atoms with Crippen molar-refractivity contribution in [1.82, 2.24) is 0 Å². The molecule has 4 nitrogen and oxygen atoms in total. The molecule has 0 saturated carbocycles. The maximum absolute atomic E-state index is 11.7. The van der Waals surface area contributed by atoms with Gasteiger partial charge in [-0.2, -0.15) is 0 Å². The van der Waals surface area contributed by atoms with Crippen LogP contribution in [0.2, 0.25) is 0 Å². The van der Waals surface area contributed by atoms with Crippen LogP contribution in [0.1, 0.15) is 58.5 Å². The van der Waals surface area contributed by atoms with Crippen LogP contribution in [-0.4, -0.2) is 23.3 Å². The number of anilines is 1. The predicted octanol–water partition coefficient (Wildman–Crippen LogP) is 3.80. The maximum Gasteiger partial charge on any atom is 0.188 e. The standard InChI is InChI=1S/C20H23NO3/c1-13(2)16-6-4-15(5-7-16)11-21-19-9-17(14(3)23)8-18(10-19)20(24)12-22/h4-10,13,21-22H,11-12H2,1-3H3. The van der Waals surface area contributed by atoms with Crippen molar-refractivity contribution >= 4 is 17.3 Å². The minimum atomic E-state index is -0.572. The lowest BCUT2D eigenvalue weighted by Gasteiger charge is -2.11. The summed E-state index contributed by atoms with van der Waals surface area (Å²) >= 11 is 0. The summed E-state index contributed by atoms with van der Waals surface area (Å²) in [5.74, 6) is -0.0272. The summed E-state index contributed by atoms with van der Waals surface area (Å²) in [4.78, 5) is 23.4. The van der Waals surface area contributed by atoms with E-state index in [1.165, 1.54) is 18.6 Å². The molecule has 2 N–H and O–H groups in total. The van der Waals surface area contributed by atoms with E-state index in [4.69, 9.17) is 5.11 Å². The third kappa shape index (κ3) is 4.52. The Morgan fingerprint density at radius 1 is 1.04 bits per heavy atom. The average molecular weight is 325 g/mol. The number of rotatable bonds is 7. The minimum Gasteiger partial charge on any atom is -0.388 e. The van der Waals surface area contributed by atoms with Crippen LogP contribution in [0.25, 0.3) is 0 Å². The van der Waals surface area contributed by atoms with Crippen molar-refractivity contribution in [2.75, 3.05) is 11.9 Å². The second-order valence-electron chi connectivity index (χ2n) is 6.19. The van der Waals surface area contributed by atoms with Gasteiger partial charge in [0, 0.05) is 23.4 Å². The van der Waals surface area contributed by atoms with Gasteiger partial charge in [0.15, 0.2) is 11.6 Å². The summed E-state index contributed by atoms with van der Waals surface area (Å²) in [7, 11) is 0. The Balaban J connectivity index is 2.17. The molecule has 0 unspecified atom stereocenters. The maximum atomic E-state index is 11.7. The molecule has 2 aromatic rings. The molecule has 0 bridgehead atoms.